The van der Waals surface area contributed by atoms with Crippen LogP contribution in [0.4, 0.5) is 0 Å². The molecule has 0 amide bonds. The summed E-state index contributed by atoms with van der Waals surface area (Å²) in [7, 11) is 0. The van der Waals surface area contributed by atoms with E-state index in [1.54, 1.807) is 0 Å². The summed E-state index contributed by atoms with van der Waals surface area (Å²) in [5.74, 6) is 1.07. The van der Waals surface area contributed by atoms with Crippen LogP contribution in [0.1, 0.15) is 85.4 Å². The second-order valence-electron chi connectivity index (χ2n) is 4.61. The molecule has 94 valence electrons. The number of hydrogen-bond donors (Lipinski definition) is 1. The van der Waals surface area contributed by atoms with E-state index in [0.29, 0.717) is 0 Å². The molecule has 0 saturated carbocycles. The van der Waals surface area contributed by atoms with Gasteiger partial charge in [-0.1, -0.05) is 77.6 Å². The molecule has 0 N–H and O–H groups in total. The molecule has 0 rings (SSSR count). The van der Waals surface area contributed by atoms with Crippen molar-refractivity contribution >= 4 is 12.6 Å². The van der Waals surface area contributed by atoms with Crippen LogP contribution in [0, 0.1) is 0 Å². The molecule has 0 radical (unpaired) electrons. The summed E-state index contributed by atoms with van der Waals surface area (Å²) in [6, 6.07) is 0. The number of rotatable bonds is 12. The molecule has 2 heteroatoms. The third-order valence-electron chi connectivity index (χ3n) is 3.01. The Morgan fingerprint density at radius 1 is 0.625 bits per heavy atom. The van der Waals surface area contributed by atoms with Crippen LogP contribution in [0.2, 0.25) is 0 Å². The van der Waals surface area contributed by atoms with Gasteiger partial charge in [0.05, 0.1) is 0 Å². The molecule has 0 aliphatic rings. The summed E-state index contributed by atoms with van der Waals surface area (Å²) in [6.45, 7) is 2.28. The molecule has 0 heterocycles. The maximum atomic E-state index is 4.22. The van der Waals surface area contributed by atoms with Gasteiger partial charge in [0.25, 0.3) is 0 Å². The monoisotopic (exact) mass is 254 g/mol. The molecule has 0 unspecified atom stereocenters. The van der Waals surface area contributed by atoms with Crippen molar-refractivity contribution in [3.05, 3.63) is 0 Å². The normalized spacial score (nSPS) is 10.1. The van der Waals surface area contributed by atoms with Crippen LogP contribution < -0.4 is 29.6 Å². The molecule has 0 spiro atoms. The SMILES string of the molecule is CCCCCCCCCCCCCCS.[H-].[Na+]. The standard InChI is InChI=1S/C14H30S.Na.H/c1-2-3-4-5-6-7-8-9-10-11-12-13-14-15;;/h15H,2-14H2,1H3;;/q;+1;-1. The van der Waals surface area contributed by atoms with Crippen molar-refractivity contribution in [3.8, 4) is 0 Å². The molecule has 0 atom stereocenters. The van der Waals surface area contributed by atoms with Crippen molar-refractivity contribution in [1.29, 1.82) is 0 Å². The zero-order valence-electron chi connectivity index (χ0n) is 12.6. The zero-order valence-corrected chi connectivity index (χ0v) is 14.5. The van der Waals surface area contributed by atoms with Gasteiger partial charge in [-0.3, -0.25) is 0 Å². The van der Waals surface area contributed by atoms with E-state index < -0.39 is 0 Å². The van der Waals surface area contributed by atoms with Gasteiger partial charge in [0.15, 0.2) is 0 Å². The van der Waals surface area contributed by atoms with E-state index in [9.17, 15) is 0 Å². The van der Waals surface area contributed by atoms with Crippen LogP contribution >= 0.6 is 12.6 Å². The summed E-state index contributed by atoms with van der Waals surface area (Å²) in [5.41, 5.74) is 0. The fraction of sp³-hybridized carbons (Fsp3) is 1.00. The van der Waals surface area contributed by atoms with Crippen LogP contribution in [0.3, 0.4) is 0 Å². The van der Waals surface area contributed by atoms with Crippen molar-refractivity contribution in [3.63, 3.8) is 0 Å². The van der Waals surface area contributed by atoms with Gasteiger partial charge in [0.2, 0.25) is 0 Å². The predicted molar refractivity (Wildman–Crippen MR) is 76.0 cm³/mol. The van der Waals surface area contributed by atoms with Crippen LogP contribution in [-0.2, 0) is 0 Å². The summed E-state index contributed by atoms with van der Waals surface area (Å²) < 4.78 is 0. The Hall–Kier alpha value is 1.35. The first kappa shape index (κ1) is 19.7. The minimum atomic E-state index is 0. The molecule has 0 bridgehead atoms. The minimum Gasteiger partial charge on any atom is -1.00 e. The number of hydrogen-bond acceptors (Lipinski definition) is 1. The van der Waals surface area contributed by atoms with Gasteiger partial charge in [-0.2, -0.15) is 12.6 Å². The van der Waals surface area contributed by atoms with E-state index in [-0.39, 0.29) is 31.0 Å². The van der Waals surface area contributed by atoms with Gasteiger partial charge in [-0.05, 0) is 12.2 Å². The maximum absolute atomic E-state index is 4.22. The number of thiol groups is 1. The van der Waals surface area contributed by atoms with Crippen molar-refractivity contribution < 1.29 is 31.0 Å². The Balaban J connectivity index is -0.000000980. The largest absolute Gasteiger partial charge is 1.00 e. The minimum absolute atomic E-state index is 0. The van der Waals surface area contributed by atoms with E-state index >= 15 is 0 Å². The Morgan fingerprint density at radius 2 is 0.938 bits per heavy atom. The molecule has 0 aromatic carbocycles. The van der Waals surface area contributed by atoms with Gasteiger partial charge in [-0.25, -0.2) is 0 Å². The zero-order chi connectivity index (χ0) is 11.2. The van der Waals surface area contributed by atoms with Crippen molar-refractivity contribution in [2.75, 3.05) is 5.75 Å². The van der Waals surface area contributed by atoms with Gasteiger partial charge in [0, 0.05) is 0 Å². The van der Waals surface area contributed by atoms with Crippen LogP contribution in [0.15, 0.2) is 0 Å². The Morgan fingerprint density at radius 3 is 1.25 bits per heavy atom. The third-order valence-corrected chi connectivity index (χ3v) is 3.33. The van der Waals surface area contributed by atoms with Crippen LogP contribution in [0.25, 0.3) is 0 Å². The molecule has 0 nitrogen and oxygen atoms in total. The first-order chi connectivity index (χ1) is 7.41. The molecule has 0 saturated heterocycles. The van der Waals surface area contributed by atoms with Crippen LogP contribution in [-0.4, -0.2) is 5.75 Å². The van der Waals surface area contributed by atoms with Crippen molar-refractivity contribution in [2.24, 2.45) is 0 Å². The van der Waals surface area contributed by atoms with E-state index in [1.807, 2.05) is 0 Å². The first-order valence-electron chi connectivity index (χ1n) is 7.02. The van der Waals surface area contributed by atoms with Gasteiger partial charge in [0.1, 0.15) is 0 Å². The molecule has 0 aliphatic carbocycles. The average molecular weight is 254 g/mol. The van der Waals surface area contributed by atoms with Crippen molar-refractivity contribution in [2.45, 2.75) is 84.0 Å². The Labute approximate surface area is 133 Å². The Bertz CT molecular complexity index is 100. The topological polar surface area (TPSA) is 0 Å². The molecule has 0 fully saturated rings. The van der Waals surface area contributed by atoms with Gasteiger partial charge < -0.3 is 1.43 Å². The van der Waals surface area contributed by atoms with Crippen molar-refractivity contribution in [1.82, 2.24) is 0 Å². The molecular weight excluding hydrogens is 223 g/mol. The Kier molecular flexibility index (Phi) is 23.0. The quantitative estimate of drug-likeness (QED) is 0.309. The van der Waals surface area contributed by atoms with Gasteiger partial charge in [-0.15, -0.1) is 0 Å². The van der Waals surface area contributed by atoms with Gasteiger partial charge >= 0.3 is 29.6 Å². The van der Waals surface area contributed by atoms with Crippen LogP contribution in [0.5, 0.6) is 0 Å². The summed E-state index contributed by atoms with van der Waals surface area (Å²) in [6.07, 6.45) is 17.2. The van der Waals surface area contributed by atoms with E-state index in [0.717, 1.165) is 5.75 Å². The predicted octanol–water partition coefficient (Wildman–Crippen LogP) is 2.73. The molecule has 0 aromatic rings. The third kappa shape index (κ3) is 17.7. The maximum Gasteiger partial charge on any atom is 1.00 e. The van der Waals surface area contributed by atoms with E-state index in [4.69, 9.17) is 0 Å². The fourth-order valence-electron chi connectivity index (χ4n) is 1.95. The summed E-state index contributed by atoms with van der Waals surface area (Å²) in [4.78, 5) is 0. The second kappa shape index (κ2) is 18.7. The molecular formula is C14H31NaS. The molecule has 0 aliphatic heterocycles. The number of unbranched alkanes of at least 4 members (excludes halogenated alkanes) is 11. The van der Waals surface area contributed by atoms with E-state index in [2.05, 4.69) is 19.6 Å². The summed E-state index contributed by atoms with van der Waals surface area (Å²) in [5, 5.41) is 0. The average Bonchev–Trinajstić information content (AvgIpc) is 2.26. The second-order valence-corrected chi connectivity index (χ2v) is 5.06. The fourth-order valence-corrected chi connectivity index (χ4v) is 2.18. The molecule has 0 aromatic heterocycles. The summed E-state index contributed by atoms with van der Waals surface area (Å²) >= 11 is 4.22. The first-order valence-corrected chi connectivity index (χ1v) is 7.66. The smallest absolute Gasteiger partial charge is 1.00 e. The molecule has 16 heavy (non-hydrogen) atoms. The van der Waals surface area contributed by atoms with E-state index in [1.165, 1.54) is 77.0 Å².